The molecule has 0 spiro atoms. The van der Waals surface area contributed by atoms with E-state index in [0.29, 0.717) is 9.26 Å². The predicted octanol–water partition coefficient (Wildman–Crippen LogP) is 1.07. The lowest BCUT2D eigenvalue weighted by Crippen LogP contribution is -2.27. The van der Waals surface area contributed by atoms with Crippen molar-refractivity contribution in [1.82, 2.24) is 0 Å². The lowest BCUT2D eigenvalue weighted by molar-refractivity contribution is -0.117. The molecular weight excluding hydrogens is 386 g/mol. The van der Waals surface area contributed by atoms with E-state index in [1.54, 1.807) is 12.1 Å². The van der Waals surface area contributed by atoms with Crippen LogP contribution in [0.25, 0.3) is 0 Å². The lowest BCUT2D eigenvalue weighted by atomic mass is 10.1. The van der Waals surface area contributed by atoms with Crippen LogP contribution in [0, 0.1) is 15.3 Å². The van der Waals surface area contributed by atoms with E-state index < -0.39 is 15.8 Å². The summed E-state index contributed by atoms with van der Waals surface area (Å²) in [5.74, 6) is -1.19. The molecule has 1 fully saturated rings. The van der Waals surface area contributed by atoms with Crippen molar-refractivity contribution in [3.8, 4) is 0 Å². The van der Waals surface area contributed by atoms with Gasteiger partial charge in [-0.1, -0.05) is 0 Å². The van der Waals surface area contributed by atoms with Crippen LogP contribution in [0.5, 0.6) is 0 Å². The van der Waals surface area contributed by atoms with Crippen molar-refractivity contribution in [2.45, 2.75) is 6.42 Å². The minimum Gasteiger partial charge on any atom is -0.312 e. The molecule has 1 aromatic rings. The molecule has 0 aliphatic carbocycles. The normalized spacial score (nSPS) is 20.1. The van der Waals surface area contributed by atoms with Crippen LogP contribution in [0.1, 0.15) is 6.42 Å². The van der Waals surface area contributed by atoms with Gasteiger partial charge in [0, 0.05) is 28.1 Å². The first kappa shape index (κ1) is 14.7. The quantitative estimate of drug-likeness (QED) is 0.774. The topological polar surface area (TPSA) is 80.5 Å². The zero-order valence-corrected chi connectivity index (χ0v) is 12.8. The van der Waals surface area contributed by atoms with Crippen LogP contribution in [-0.2, 0) is 14.8 Å². The van der Waals surface area contributed by atoms with Crippen LogP contribution >= 0.6 is 22.6 Å². The van der Waals surface area contributed by atoms with E-state index in [1.165, 1.54) is 11.0 Å². The van der Waals surface area contributed by atoms with Crippen molar-refractivity contribution < 1.29 is 17.6 Å². The first-order valence-corrected chi connectivity index (χ1v) is 8.31. The maximum absolute atomic E-state index is 13.5. The number of carbonyl (C=O) groups is 1. The van der Waals surface area contributed by atoms with Gasteiger partial charge in [-0.15, -0.1) is 0 Å². The summed E-state index contributed by atoms with van der Waals surface area (Å²) in [6, 6.07) is 4.49. The smallest absolute Gasteiger partial charge is 0.227 e. The number of sulfonamides is 1. The molecule has 1 aromatic carbocycles. The molecule has 1 saturated heterocycles. The van der Waals surface area contributed by atoms with Crippen molar-refractivity contribution in [3.05, 3.63) is 27.6 Å². The first-order chi connectivity index (χ1) is 8.76. The van der Waals surface area contributed by atoms with E-state index in [9.17, 15) is 17.6 Å². The number of nitrogens with zero attached hydrogens (tertiary/aromatic N) is 1. The Kier molecular flexibility index (Phi) is 4.11. The SMILES string of the molecule is NS(=O)(=O)CC1CC(=O)N(c2ccc(I)c(F)c2)C1. The molecule has 2 rings (SSSR count). The molecule has 0 aromatic heterocycles. The van der Waals surface area contributed by atoms with Gasteiger partial charge in [0.15, 0.2) is 0 Å². The molecule has 1 aliphatic heterocycles. The molecule has 1 heterocycles. The molecule has 19 heavy (non-hydrogen) atoms. The Balaban J connectivity index is 2.18. The Morgan fingerprint density at radius 2 is 2.16 bits per heavy atom. The third kappa shape index (κ3) is 3.63. The molecule has 104 valence electrons. The zero-order chi connectivity index (χ0) is 14.2. The van der Waals surface area contributed by atoms with E-state index in [1.807, 2.05) is 22.6 Å². The molecule has 0 bridgehead atoms. The van der Waals surface area contributed by atoms with Crippen molar-refractivity contribution in [3.63, 3.8) is 0 Å². The van der Waals surface area contributed by atoms with Crippen LogP contribution in [0.15, 0.2) is 18.2 Å². The first-order valence-electron chi connectivity index (χ1n) is 5.52. The van der Waals surface area contributed by atoms with Crippen molar-refractivity contribution in [2.75, 3.05) is 17.2 Å². The summed E-state index contributed by atoms with van der Waals surface area (Å²) in [5.41, 5.74) is 0.444. The molecule has 1 aliphatic rings. The number of rotatable bonds is 3. The standard InChI is InChI=1S/C11H12FIN2O3S/c12-9-4-8(1-2-10(9)13)15-5-7(3-11(15)16)6-19(14,17)18/h1-2,4,7H,3,5-6H2,(H2,14,17,18). The Hall–Kier alpha value is -0.740. The van der Waals surface area contributed by atoms with Crippen LogP contribution in [0.4, 0.5) is 10.1 Å². The van der Waals surface area contributed by atoms with Gasteiger partial charge in [-0.05, 0) is 40.8 Å². The number of primary sulfonamides is 1. The number of hydrogen-bond acceptors (Lipinski definition) is 3. The number of nitrogens with two attached hydrogens (primary N) is 1. The third-order valence-electron chi connectivity index (χ3n) is 2.89. The number of anilines is 1. The highest BCUT2D eigenvalue weighted by Crippen LogP contribution is 2.27. The maximum Gasteiger partial charge on any atom is 0.227 e. The third-order valence-corrected chi connectivity index (χ3v) is 4.70. The average Bonchev–Trinajstić information content (AvgIpc) is 2.61. The minimum absolute atomic E-state index is 0.115. The number of benzene rings is 1. The van der Waals surface area contributed by atoms with Gasteiger partial charge in [0.05, 0.1) is 5.75 Å². The van der Waals surface area contributed by atoms with Gasteiger partial charge in [0.2, 0.25) is 15.9 Å². The van der Waals surface area contributed by atoms with E-state index >= 15 is 0 Å². The molecule has 0 radical (unpaired) electrons. The number of carbonyl (C=O) groups excluding carboxylic acids is 1. The van der Waals surface area contributed by atoms with E-state index in [-0.39, 0.29) is 30.5 Å². The number of hydrogen-bond donors (Lipinski definition) is 1. The fraction of sp³-hybridized carbons (Fsp3) is 0.364. The van der Waals surface area contributed by atoms with E-state index in [2.05, 4.69) is 0 Å². The van der Waals surface area contributed by atoms with Crippen LogP contribution in [-0.4, -0.2) is 26.6 Å². The van der Waals surface area contributed by atoms with Crippen molar-refractivity contribution in [2.24, 2.45) is 11.1 Å². The summed E-state index contributed by atoms with van der Waals surface area (Å²) < 4.78 is 36.0. The highest BCUT2D eigenvalue weighted by molar-refractivity contribution is 14.1. The second-order valence-electron chi connectivity index (χ2n) is 4.50. The van der Waals surface area contributed by atoms with Gasteiger partial charge in [-0.3, -0.25) is 4.79 Å². The highest BCUT2D eigenvalue weighted by atomic mass is 127. The Labute approximate surface area is 124 Å². The summed E-state index contributed by atoms with van der Waals surface area (Å²) in [6.45, 7) is 0.245. The van der Waals surface area contributed by atoms with Gasteiger partial charge >= 0.3 is 0 Å². The van der Waals surface area contributed by atoms with Gasteiger partial charge in [0.1, 0.15) is 5.82 Å². The predicted molar refractivity (Wildman–Crippen MR) is 77.6 cm³/mol. The van der Waals surface area contributed by atoms with Crippen molar-refractivity contribution >= 4 is 44.2 Å². The van der Waals surface area contributed by atoms with Crippen LogP contribution < -0.4 is 10.0 Å². The average molecular weight is 398 g/mol. The molecular formula is C11H12FIN2O3S. The zero-order valence-electron chi connectivity index (χ0n) is 9.84. The molecule has 1 atom stereocenters. The Morgan fingerprint density at radius 3 is 2.74 bits per heavy atom. The molecule has 1 amide bonds. The van der Waals surface area contributed by atoms with E-state index in [0.717, 1.165) is 0 Å². The largest absolute Gasteiger partial charge is 0.312 e. The van der Waals surface area contributed by atoms with Crippen LogP contribution in [0.3, 0.4) is 0 Å². The minimum atomic E-state index is -3.61. The molecule has 8 heteroatoms. The second kappa shape index (κ2) is 5.33. The highest BCUT2D eigenvalue weighted by Gasteiger charge is 2.32. The number of halogens is 2. The Morgan fingerprint density at radius 1 is 1.47 bits per heavy atom. The van der Waals surface area contributed by atoms with Gasteiger partial charge < -0.3 is 4.90 Å². The fourth-order valence-electron chi connectivity index (χ4n) is 2.12. The van der Waals surface area contributed by atoms with E-state index in [4.69, 9.17) is 5.14 Å². The molecule has 1 unspecified atom stereocenters. The van der Waals surface area contributed by atoms with Gasteiger partial charge in [-0.25, -0.2) is 17.9 Å². The van der Waals surface area contributed by atoms with Gasteiger partial charge in [0.25, 0.3) is 0 Å². The van der Waals surface area contributed by atoms with Crippen molar-refractivity contribution in [1.29, 1.82) is 0 Å². The summed E-state index contributed by atoms with van der Waals surface area (Å²) >= 11 is 1.86. The lowest BCUT2D eigenvalue weighted by Gasteiger charge is -2.17. The monoisotopic (exact) mass is 398 g/mol. The fourth-order valence-corrected chi connectivity index (χ4v) is 3.34. The molecule has 0 saturated carbocycles. The summed E-state index contributed by atoms with van der Waals surface area (Å²) in [4.78, 5) is 13.2. The second-order valence-corrected chi connectivity index (χ2v) is 7.32. The summed E-state index contributed by atoms with van der Waals surface area (Å²) in [5, 5.41) is 4.97. The molecule has 2 N–H and O–H groups in total. The summed E-state index contributed by atoms with van der Waals surface area (Å²) in [7, 11) is -3.61. The Bertz CT molecular complexity index is 620. The maximum atomic E-state index is 13.5. The number of amides is 1. The van der Waals surface area contributed by atoms with Gasteiger partial charge in [-0.2, -0.15) is 0 Å². The summed E-state index contributed by atoms with van der Waals surface area (Å²) in [6.07, 6.45) is 0.115. The molecule has 5 nitrogen and oxygen atoms in total. The van der Waals surface area contributed by atoms with Crippen LogP contribution in [0.2, 0.25) is 0 Å².